The van der Waals surface area contributed by atoms with Gasteiger partial charge in [-0.1, -0.05) is 6.92 Å². The molecule has 1 N–H and O–H groups in total. The second-order valence-corrected chi connectivity index (χ2v) is 3.62. The molecule has 3 nitrogen and oxygen atoms in total. The first kappa shape index (κ1) is 10.5. The molecule has 1 saturated carbocycles. The summed E-state index contributed by atoms with van der Waals surface area (Å²) in [7, 11) is 0. The Balaban J connectivity index is 1.97. The average molecular weight is 182 g/mol. The van der Waals surface area contributed by atoms with Crippen molar-refractivity contribution in [2.45, 2.75) is 32.2 Å². The topological polar surface area (TPSA) is 45.0 Å². The van der Waals surface area contributed by atoms with Crippen LogP contribution >= 0.6 is 0 Å². The number of rotatable bonds is 7. The highest BCUT2D eigenvalue weighted by Gasteiger charge is 2.21. The number of nitriles is 1. The van der Waals surface area contributed by atoms with E-state index in [9.17, 15) is 0 Å². The molecule has 0 bridgehead atoms. The summed E-state index contributed by atoms with van der Waals surface area (Å²) in [6.07, 6.45) is 3.67. The number of hydrogen-bond donors (Lipinski definition) is 1. The third kappa shape index (κ3) is 4.87. The summed E-state index contributed by atoms with van der Waals surface area (Å²) in [5.74, 6) is 0.783. The van der Waals surface area contributed by atoms with Crippen molar-refractivity contribution < 1.29 is 4.74 Å². The lowest BCUT2D eigenvalue weighted by Crippen LogP contribution is -2.32. The highest BCUT2D eigenvalue weighted by Crippen LogP contribution is 2.28. The van der Waals surface area contributed by atoms with Crippen molar-refractivity contribution in [3.8, 4) is 6.07 Å². The van der Waals surface area contributed by atoms with Crippen molar-refractivity contribution in [1.29, 1.82) is 5.26 Å². The van der Waals surface area contributed by atoms with Gasteiger partial charge in [-0.05, 0) is 31.7 Å². The van der Waals surface area contributed by atoms with Gasteiger partial charge in [-0.2, -0.15) is 5.26 Å². The summed E-state index contributed by atoms with van der Waals surface area (Å²) in [6.45, 7) is 4.36. The van der Waals surface area contributed by atoms with Gasteiger partial charge in [0.1, 0.15) is 6.04 Å². The van der Waals surface area contributed by atoms with E-state index in [1.807, 2.05) is 0 Å². The van der Waals surface area contributed by atoms with Crippen LogP contribution in [0.1, 0.15) is 26.2 Å². The van der Waals surface area contributed by atoms with E-state index < -0.39 is 0 Å². The van der Waals surface area contributed by atoms with E-state index in [0.29, 0.717) is 6.61 Å². The van der Waals surface area contributed by atoms with Gasteiger partial charge in [0.25, 0.3) is 0 Å². The van der Waals surface area contributed by atoms with E-state index in [-0.39, 0.29) is 6.04 Å². The summed E-state index contributed by atoms with van der Waals surface area (Å²) >= 11 is 0. The average Bonchev–Trinajstić information content (AvgIpc) is 2.94. The van der Waals surface area contributed by atoms with Gasteiger partial charge in [-0.15, -0.1) is 0 Å². The number of nitrogens with zero attached hydrogens (tertiary/aromatic N) is 1. The Morgan fingerprint density at radius 3 is 2.92 bits per heavy atom. The predicted octanol–water partition coefficient (Wildman–Crippen LogP) is 1.30. The Bertz CT molecular complexity index is 172. The Labute approximate surface area is 80.1 Å². The SMILES string of the molecule is CCCNC(C#N)COCC1CC1. The molecule has 0 aromatic heterocycles. The molecular formula is C10H18N2O. The van der Waals surface area contributed by atoms with Crippen molar-refractivity contribution in [3.05, 3.63) is 0 Å². The van der Waals surface area contributed by atoms with Crippen molar-refractivity contribution in [2.24, 2.45) is 5.92 Å². The minimum absolute atomic E-state index is 0.126. The van der Waals surface area contributed by atoms with Crippen molar-refractivity contribution >= 4 is 0 Å². The Morgan fingerprint density at radius 1 is 1.62 bits per heavy atom. The minimum Gasteiger partial charge on any atom is -0.378 e. The third-order valence-corrected chi connectivity index (χ3v) is 2.13. The zero-order valence-corrected chi connectivity index (χ0v) is 8.25. The number of ether oxygens (including phenoxy) is 1. The van der Waals surface area contributed by atoms with E-state index in [2.05, 4.69) is 18.3 Å². The fraction of sp³-hybridized carbons (Fsp3) is 0.900. The predicted molar refractivity (Wildman–Crippen MR) is 51.2 cm³/mol. The fourth-order valence-electron chi connectivity index (χ4n) is 1.10. The Kier molecular flexibility index (Phi) is 4.81. The molecule has 0 spiro atoms. The van der Waals surface area contributed by atoms with E-state index in [1.54, 1.807) is 0 Å². The lowest BCUT2D eigenvalue weighted by Gasteiger charge is -2.10. The van der Waals surface area contributed by atoms with Crippen molar-refractivity contribution in [3.63, 3.8) is 0 Å². The Hall–Kier alpha value is -0.590. The van der Waals surface area contributed by atoms with Crippen LogP contribution in [0.15, 0.2) is 0 Å². The molecule has 0 aliphatic heterocycles. The first-order valence-corrected chi connectivity index (χ1v) is 5.07. The maximum absolute atomic E-state index is 8.74. The van der Waals surface area contributed by atoms with Crippen LogP contribution < -0.4 is 5.32 Å². The van der Waals surface area contributed by atoms with E-state index in [0.717, 1.165) is 25.5 Å². The molecule has 1 aliphatic rings. The smallest absolute Gasteiger partial charge is 0.119 e. The van der Waals surface area contributed by atoms with Crippen LogP contribution in [-0.4, -0.2) is 25.8 Å². The second kappa shape index (κ2) is 5.95. The standard InChI is InChI=1S/C10H18N2O/c1-2-5-12-10(6-11)8-13-7-9-3-4-9/h9-10,12H,2-5,7-8H2,1H3. The first-order valence-electron chi connectivity index (χ1n) is 5.07. The molecule has 1 fully saturated rings. The molecule has 0 heterocycles. The molecule has 1 atom stereocenters. The Morgan fingerprint density at radius 2 is 2.38 bits per heavy atom. The van der Waals surface area contributed by atoms with Crippen LogP contribution in [-0.2, 0) is 4.74 Å². The molecule has 13 heavy (non-hydrogen) atoms. The van der Waals surface area contributed by atoms with Crippen LogP contribution in [0.4, 0.5) is 0 Å². The molecule has 1 aliphatic carbocycles. The molecule has 0 aromatic rings. The van der Waals surface area contributed by atoms with Gasteiger partial charge in [0.05, 0.1) is 12.7 Å². The summed E-state index contributed by atoms with van der Waals surface area (Å²) in [5.41, 5.74) is 0. The molecule has 1 unspecified atom stereocenters. The molecule has 74 valence electrons. The van der Waals surface area contributed by atoms with Crippen molar-refractivity contribution in [2.75, 3.05) is 19.8 Å². The van der Waals surface area contributed by atoms with Crippen LogP contribution in [0.2, 0.25) is 0 Å². The molecule has 0 amide bonds. The molecule has 3 heteroatoms. The highest BCUT2D eigenvalue weighted by atomic mass is 16.5. The largest absolute Gasteiger partial charge is 0.378 e. The van der Waals surface area contributed by atoms with Crippen LogP contribution in [0, 0.1) is 17.2 Å². The molecule has 1 rings (SSSR count). The van der Waals surface area contributed by atoms with Gasteiger partial charge < -0.3 is 10.1 Å². The summed E-state index contributed by atoms with van der Waals surface area (Å²) in [4.78, 5) is 0. The van der Waals surface area contributed by atoms with Crippen LogP contribution in [0.25, 0.3) is 0 Å². The minimum atomic E-state index is -0.126. The molecule has 0 saturated heterocycles. The summed E-state index contributed by atoms with van der Waals surface area (Å²) < 4.78 is 5.42. The van der Waals surface area contributed by atoms with Gasteiger partial charge in [0.2, 0.25) is 0 Å². The maximum atomic E-state index is 8.74. The van der Waals surface area contributed by atoms with Crippen LogP contribution in [0.3, 0.4) is 0 Å². The van der Waals surface area contributed by atoms with Crippen molar-refractivity contribution in [1.82, 2.24) is 5.32 Å². The third-order valence-electron chi connectivity index (χ3n) is 2.13. The molecular weight excluding hydrogens is 164 g/mol. The summed E-state index contributed by atoms with van der Waals surface area (Å²) in [5, 5.41) is 11.9. The summed E-state index contributed by atoms with van der Waals surface area (Å²) in [6, 6.07) is 2.07. The van der Waals surface area contributed by atoms with E-state index in [1.165, 1.54) is 12.8 Å². The lowest BCUT2D eigenvalue weighted by atomic mass is 10.3. The van der Waals surface area contributed by atoms with Crippen LogP contribution in [0.5, 0.6) is 0 Å². The van der Waals surface area contributed by atoms with Gasteiger partial charge in [-0.3, -0.25) is 0 Å². The fourth-order valence-corrected chi connectivity index (χ4v) is 1.10. The number of nitrogens with one attached hydrogen (secondary N) is 1. The molecule has 0 aromatic carbocycles. The molecule has 0 radical (unpaired) electrons. The zero-order chi connectivity index (χ0) is 9.52. The quantitative estimate of drug-likeness (QED) is 0.645. The van der Waals surface area contributed by atoms with E-state index in [4.69, 9.17) is 10.00 Å². The van der Waals surface area contributed by atoms with Gasteiger partial charge in [0.15, 0.2) is 0 Å². The number of hydrogen-bond acceptors (Lipinski definition) is 3. The van der Waals surface area contributed by atoms with Gasteiger partial charge in [-0.25, -0.2) is 0 Å². The lowest BCUT2D eigenvalue weighted by molar-refractivity contribution is 0.114. The van der Waals surface area contributed by atoms with Gasteiger partial charge >= 0.3 is 0 Å². The van der Waals surface area contributed by atoms with E-state index >= 15 is 0 Å². The monoisotopic (exact) mass is 182 g/mol. The second-order valence-electron chi connectivity index (χ2n) is 3.62. The normalized spacial score (nSPS) is 18.2. The maximum Gasteiger partial charge on any atom is 0.119 e. The first-order chi connectivity index (χ1) is 6.36. The zero-order valence-electron chi connectivity index (χ0n) is 8.25. The van der Waals surface area contributed by atoms with Gasteiger partial charge in [0, 0.05) is 6.61 Å². The highest BCUT2D eigenvalue weighted by molar-refractivity contribution is 4.89.